The maximum absolute atomic E-state index is 12.3. The molecule has 1 heterocycles. The van der Waals surface area contributed by atoms with Gasteiger partial charge in [-0.2, -0.15) is 0 Å². The third kappa shape index (κ3) is 3.07. The summed E-state index contributed by atoms with van der Waals surface area (Å²) in [5.74, 6) is -1.35. The van der Waals surface area contributed by atoms with Gasteiger partial charge in [0, 0.05) is 6.42 Å². The van der Waals surface area contributed by atoms with Crippen LogP contribution >= 0.6 is 0 Å². The Kier molecular flexibility index (Phi) is 4.90. The minimum atomic E-state index is -0.778. The van der Waals surface area contributed by atoms with Crippen molar-refractivity contribution < 1.29 is 19.1 Å². The van der Waals surface area contributed by atoms with E-state index in [2.05, 4.69) is 0 Å². The van der Waals surface area contributed by atoms with Gasteiger partial charge in [0.2, 0.25) is 0 Å². The Morgan fingerprint density at radius 3 is 2.65 bits per heavy atom. The van der Waals surface area contributed by atoms with E-state index in [0.717, 1.165) is 12.0 Å². The molecule has 0 unspecified atom stereocenters. The minimum Gasteiger partial charge on any atom is -0.468 e. The van der Waals surface area contributed by atoms with Crippen molar-refractivity contribution in [2.75, 3.05) is 7.11 Å². The van der Waals surface area contributed by atoms with Crippen LogP contribution in [0.4, 0.5) is 0 Å². The molecule has 2 rings (SSSR count). The Bertz CT molecular complexity index is 469. The molecule has 1 fully saturated rings. The van der Waals surface area contributed by atoms with Crippen LogP contribution in [0.2, 0.25) is 0 Å². The fourth-order valence-corrected chi connectivity index (χ4v) is 2.65. The van der Waals surface area contributed by atoms with Gasteiger partial charge >= 0.3 is 5.97 Å². The van der Waals surface area contributed by atoms with Crippen molar-refractivity contribution in [2.24, 2.45) is 5.92 Å². The van der Waals surface area contributed by atoms with Gasteiger partial charge in [-0.15, -0.1) is 0 Å². The minimum absolute atomic E-state index is 0.0876. The molecule has 1 aliphatic heterocycles. The number of Topliss-reactive ketones (excluding diaryl/α,β-unsaturated/α-hetero) is 1. The first-order chi connectivity index (χ1) is 9.67. The average molecular weight is 276 g/mol. The predicted octanol–water partition coefficient (Wildman–Crippen LogP) is 2.68. The summed E-state index contributed by atoms with van der Waals surface area (Å²) in [7, 11) is 1.31. The molecule has 0 saturated carbocycles. The average Bonchev–Trinajstić information content (AvgIpc) is 2.47. The van der Waals surface area contributed by atoms with E-state index in [1.165, 1.54) is 7.11 Å². The highest BCUT2D eigenvalue weighted by molar-refractivity contribution is 6.00. The van der Waals surface area contributed by atoms with Crippen molar-refractivity contribution in [3.8, 4) is 0 Å². The Hall–Kier alpha value is -1.68. The van der Waals surface area contributed by atoms with Gasteiger partial charge in [0.1, 0.15) is 5.92 Å². The van der Waals surface area contributed by atoms with E-state index in [9.17, 15) is 9.59 Å². The summed E-state index contributed by atoms with van der Waals surface area (Å²) >= 11 is 0. The zero-order chi connectivity index (χ0) is 14.5. The monoisotopic (exact) mass is 276 g/mol. The van der Waals surface area contributed by atoms with E-state index in [0.29, 0.717) is 6.42 Å². The first kappa shape index (κ1) is 14.7. The molecular formula is C16H20O4. The molecule has 0 amide bonds. The second-order valence-electron chi connectivity index (χ2n) is 5.03. The lowest BCUT2D eigenvalue weighted by atomic mass is 9.86. The maximum Gasteiger partial charge on any atom is 0.318 e. The number of carbonyl (C=O) groups excluding carboxylic acids is 2. The van der Waals surface area contributed by atoms with Gasteiger partial charge in [-0.1, -0.05) is 43.7 Å². The van der Waals surface area contributed by atoms with Crippen LogP contribution in [0, 0.1) is 5.92 Å². The molecule has 0 aliphatic carbocycles. The quantitative estimate of drug-likeness (QED) is 0.626. The van der Waals surface area contributed by atoms with Gasteiger partial charge in [0.05, 0.1) is 19.3 Å². The molecule has 20 heavy (non-hydrogen) atoms. The molecule has 1 aliphatic rings. The highest BCUT2D eigenvalue weighted by Gasteiger charge is 2.42. The summed E-state index contributed by atoms with van der Waals surface area (Å²) in [6.45, 7) is 2.01. The molecule has 0 aromatic heterocycles. The van der Waals surface area contributed by atoms with Gasteiger partial charge in [0.25, 0.3) is 0 Å². The van der Waals surface area contributed by atoms with E-state index in [1.54, 1.807) is 0 Å². The van der Waals surface area contributed by atoms with Crippen molar-refractivity contribution in [3.63, 3.8) is 0 Å². The van der Waals surface area contributed by atoms with E-state index < -0.39 is 11.9 Å². The Labute approximate surface area is 119 Å². The van der Waals surface area contributed by atoms with Crippen LogP contribution in [0.15, 0.2) is 30.3 Å². The molecule has 0 radical (unpaired) electrons. The highest BCUT2D eigenvalue weighted by atomic mass is 16.5. The maximum atomic E-state index is 12.3. The predicted molar refractivity (Wildman–Crippen MR) is 74.1 cm³/mol. The zero-order valence-electron chi connectivity index (χ0n) is 11.9. The standard InChI is InChI=1S/C16H20O4/c1-3-7-13-15(16(18)19-2)12(17)10-14(20-13)11-8-5-4-6-9-11/h4-6,8-9,13-15H,3,7,10H2,1-2H3/t13-,14-,15+/m0/s1. The van der Waals surface area contributed by atoms with E-state index >= 15 is 0 Å². The molecule has 1 aromatic carbocycles. The summed E-state index contributed by atoms with van der Waals surface area (Å²) in [6.07, 6.45) is 1.10. The number of hydrogen-bond acceptors (Lipinski definition) is 4. The second-order valence-corrected chi connectivity index (χ2v) is 5.03. The molecule has 0 bridgehead atoms. The van der Waals surface area contributed by atoms with Crippen molar-refractivity contribution in [2.45, 2.75) is 38.4 Å². The van der Waals surface area contributed by atoms with Gasteiger partial charge < -0.3 is 9.47 Å². The van der Waals surface area contributed by atoms with Crippen LogP contribution < -0.4 is 0 Å². The first-order valence-electron chi connectivity index (χ1n) is 6.98. The molecule has 0 N–H and O–H groups in total. The van der Waals surface area contributed by atoms with Crippen LogP contribution in [0.3, 0.4) is 0 Å². The third-order valence-electron chi connectivity index (χ3n) is 3.64. The van der Waals surface area contributed by atoms with Gasteiger partial charge in [-0.3, -0.25) is 9.59 Å². The topological polar surface area (TPSA) is 52.6 Å². The van der Waals surface area contributed by atoms with Gasteiger partial charge in [0.15, 0.2) is 5.78 Å². The summed E-state index contributed by atoms with van der Waals surface area (Å²) in [5, 5.41) is 0. The van der Waals surface area contributed by atoms with Crippen LogP contribution in [0.5, 0.6) is 0 Å². The number of hydrogen-bond donors (Lipinski definition) is 0. The second kappa shape index (κ2) is 6.66. The Balaban J connectivity index is 2.20. The largest absolute Gasteiger partial charge is 0.468 e. The Morgan fingerprint density at radius 2 is 2.05 bits per heavy atom. The van der Waals surface area contributed by atoms with Crippen LogP contribution in [-0.4, -0.2) is 25.0 Å². The van der Waals surface area contributed by atoms with E-state index in [-0.39, 0.29) is 24.4 Å². The number of rotatable bonds is 4. The third-order valence-corrected chi connectivity index (χ3v) is 3.64. The molecule has 1 saturated heterocycles. The summed E-state index contributed by atoms with van der Waals surface area (Å²) in [5.41, 5.74) is 0.977. The molecule has 4 nitrogen and oxygen atoms in total. The number of ketones is 1. The molecule has 0 spiro atoms. The summed E-state index contributed by atoms with van der Waals surface area (Å²) < 4.78 is 10.7. The van der Waals surface area contributed by atoms with Crippen LogP contribution in [-0.2, 0) is 19.1 Å². The molecule has 108 valence electrons. The van der Waals surface area contributed by atoms with Crippen molar-refractivity contribution in [1.29, 1.82) is 0 Å². The number of ether oxygens (including phenoxy) is 2. The highest BCUT2D eigenvalue weighted by Crippen LogP contribution is 2.34. The Morgan fingerprint density at radius 1 is 1.35 bits per heavy atom. The molecule has 1 aromatic rings. The van der Waals surface area contributed by atoms with Crippen molar-refractivity contribution >= 4 is 11.8 Å². The number of benzene rings is 1. The molecule has 4 heteroatoms. The normalized spacial score (nSPS) is 26.3. The summed E-state index contributed by atoms with van der Waals surface area (Å²) in [6, 6.07) is 9.66. The zero-order valence-corrected chi connectivity index (χ0v) is 11.9. The fourth-order valence-electron chi connectivity index (χ4n) is 2.65. The summed E-state index contributed by atoms with van der Waals surface area (Å²) in [4.78, 5) is 24.1. The molecule has 3 atom stereocenters. The molecular weight excluding hydrogens is 256 g/mol. The van der Waals surface area contributed by atoms with Crippen LogP contribution in [0.1, 0.15) is 37.9 Å². The van der Waals surface area contributed by atoms with E-state index in [4.69, 9.17) is 9.47 Å². The SMILES string of the molecule is CCC[C@@H]1O[C@H](c2ccccc2)CC(=O)[C@H]1C(=O)OC. The lowest BCUT2D eigenvalue weighted by molar-refractivity contribution is -0.168. The number of esters is 1. The first-order valence-corrected chi connectivity index (χ1v) is 6.98. The fraction of sp³-hybridized carbons (Fsp3) is 0.500. The smallest absolute Gasteiger partial charge is 0.318 e. The lowest BCUT2D eigenvalue weighted by Gasteiger charge is -2.34. The van der Waals surface area contributed by atoms with Crippen molar-refractivity contribution in [1.82, 2.24) is 0 Å². The number of methoxy groups -OCH3 is 1. The lowest BCUT2D eigenvalue weighted by Crippen LogP contribution is -2.43. The van der Waals surface area contributed by atoms with Gasteiger partial charge in [-0.25, -0.2) is 0 Å². The van der Waals surface area contributed by atoms with Crippen molar-refractivity contribution in [3.05, 3.63) is 35.9 Å². The van der Waals surface area contributed by atoms with Crippen LogP contribution in [0.25, 0.3) is 0 Å². The van der Waals surface area contributed by atoms with Gasteiger partial charge in [-0.05, 0) is 12.0 Å². The number of carbonyl (C=O) groups is 2. The van der Waals surface area contributed by atoms with E-state index in [1.807, 2.05) is 37.3 Å².